The highest BCUT2D eigenvalue weighted by Crippen LogP contribution is 2.39. The maximum atomic E-state index is 13.1. The molecule has 1 aliphatic carbocycles. The van der Waals surface area contributed by atoms with Gasteiger partial charge in [0.2, 0.25) is 0 Å². The number of hydrogen-bond acceptors (Lipinski definition) is 2. The van der Waals surface area contributed by atoms with Crippen LogP contribution >= 0.6 is 0 Å². The number of carbonyl (C=O) groups is 1. The molecule has 1 N–H and O–H groups in total. The molecule has 0 aromatic heterocycles. The van der Waals surface area contributed by atoms with E-state index in [0.29, 0.717) is 45.2 Å². The number of nitrogens with zero attached hydrogens (tertiary/aromatic N) is 1. The van der Waals surface area contributed by atoms with Gasteiger partial charge in [0, 0.05) is 12.6 Å². The normalized spacial score (nSPS) is 20.3. The summed E-state index contributed by atoms with van der Waals surface area (Å²) in [5.41, 5.74) is 0.477. The molecule has 7 heteroatoms. The fraction of sp³-hybridized carbons (Fsp3) is 0.611. The van der Waals surface area contributed by atoms with E-state index in [0.717, 1.165) is 10.5 Å². The van der Waals surface area contributed by atoms with E-state index in [1.807, 2.05) is 0 Å². The fourth-order valence-electron chi connectivity index (χ4n) is 3.66. The topological polar surface area (TPSA) is 32.3 Å². The van der Waals surface area contributed by atoms with Gasteiger partial charge in [-0.3, -0.25) is 4.79 Å². The molecule has 0 spiro atoms. The van der Waals surface area contributed by atoms with Crippen molar-refractivity contribution in [2.75, 3.05) is 19.6 Å². The first-order chi connectivity index (χ1) is 11.8. The van der Waals surface area contributed by atoms with E-state index < -0.39 is 17.5 Å². The molecule has 0 bridgehead atoms. The van der Waals surface area contributed by atoms with Crippen LogP contribution in [0.2, 0.25) is 0 Å². The Balaban J connectivity index is 1.81. The van der Waals surface area contributed by atoms with E-state index in [9.17, 15) is 22.4 Å². The Morgan fingerprint density at radius 3 is 2.28 bits per heavy atom. The minimum absolute atomic E-state index is 0.106. The number of halogens is 4. The standard InChI is InChI=1S/C18H22F4N2O/c19-14-3-1-13(2-4-14)11-17(7-9-23-10-8-17)12-24(15-5-6-15)16(25)18(20,21)22/h1-4,15,23H,5-12H2. The summed E-state index contributed by atoms with van der Waals surface area (Å²) in [5.74, 6) is -2.07. The quantitative estimate of drug-likeness (QED) is 0.820. The van der Waals surface area contributed by atoms with Gasteiger partial charge >= 0.3 is 12.1 Å². The number of carbonyl (C=O) groups excluding carboxylic acids is 1. The number of benzene rings is 1. The zero-order chi connectivity index (χ0) is 18.1. The van der Waals surface area contributed by atoms with Gasteiger partial charge in [0.25, 0.3) is 0 Å². The van der Waals surface area contributed by atoms with Crippen molar-refractivity contribution < 1.29 is 22.4 Å². The average Bonchev–Trinajstić information content (AvgIpc) is 3.39. The first-order valence-corrected chi connectivity index (χ1v) is 8.62. The predicted molar refractivity (Wildman–Crippen MR) is 85.4 cm³/mol. The van der Waals surface area contributed by atoms with Crippen LogP contribution in [0.15, 0.2) is 24.3 Å². The molecule has 2 fully saturated rings. The van der Waals surface area contributed by atoms with Crippen LogP contribution in [0.3, 0.4) is 0 Å². The lowest BCUT2D eigenvalue weighted by Gasteiger charge is -2.42. The van der Waals surface area contributed by atoms with E-state index in [4.69, 9.17) is 0 Å². The number of rotatable bonds is 5. The zero-order valence-corrected chi connectivity index (χ0v) is 13.9. The zero-order valence-electron chi connectivity index (χ0n) is 13.9. The summed E-state index contributed by atoms with van der Waals surface area (Å²) in [6.45, 7) is 1.52. The molecule has 3 nitrogen and oxygen atoms in total. The summed E-state index contributed by atoms with van der Waals surface area (Å²) < 4.78 is 52.1. The van der Waals surface area contributed by atoms with Crippen LogP contribution < -0.4 is 5.32 Å². The van der Waals surface area contributed by atoms with Crippen LogP contribution in [-0.2, 0) is 11.2 Å². The summed E-state index contributed by atoms with van der Waals surface area (Å²) in [4.78, 5) is 12.9. The second-order valence-corrected chi connectivity index (χ2v) is 7.22. The summed E-state index contributed by atoms with van der Waals surface area (Å²) in [7, 11) is 0. The highest BCUT2D eigenvalue weighted by atomic mass is 19.4. The van der Waals surface area contributed by atoms with Gasteiger partial charge in [-0.05, 0) is 68.3 Å². The Morgan fingerprint density at radius 2 is 1.76 bits per heavy atom. The summed E-state index contributed by atoms with van der Waals surface area (Å²) in [6.07, 6.45) is -1.65. The molecule has 138 valence electrons. The van der Waals surface area contributed by atoms with Crippen molar-refractivity contribution in [3.05, 3.63) is 35.6 Å². The maximum Gasteiger partial charge on any atom is 0.471 e. The molecule has 1 amide bonds. The molecular formula is C18H22F4N2O. The lowest BCUT2D eigenvalue weighted by molar-refractivity contribution is -0.188. The minimum atomic E-state index is -4.84. The van der Waals surface area contributed by atoms with Crippen molar-refractivity contribution in [3.8, 4) is 0 Å². The highest BCUT2D eigenvalue weighted by Gasteiger charge is 2.49. The lowest BCUT2D eigenvalue weighted by Crippen LogP contribution is -2.51. The average molecular weight is 358 g/mol. The molecule has 0 atom stereocenters. The smallest absolute Gasteiger partial charge is 0.331 e. The predicted octanol–water partition coefficient (Wildman–Crippen LogP) is 3.29. The van der Waals surface area contributed by atoms with Crippen molar-refractivity contribution in [1.82, 2.24) is 10.2 Å². The third-order valence-electron chi connectivity index (χ3n) is 5.15. The second-order valence-electron chi connectivity index (χ2n) is 7.22. The van der Waals surface area contributed by atoms with Gasteiger partial charge in [-0.25, -0.2) is 4.39 Å². The van der Waals surface area contributed by atoms with E-state index in [2.05, 4.69) is 5.32 Å². The Morgan fingerprint density at radius 1 is 1.16 bits per heavy atom. The van der Waals surface area contributed by atoms with Crippen molar-refractivity contribution in [3.63, 3.8) is 0 Å². The molecule has 1 saturated heterocycles. The SMILES string of the molecule is O=C(N(CC1(Cc2ccc(F)cc2)CCNCC1)C1CC1)C(F)(F)F. The van der Waals surface area contributed by atoms with Gasteiger partial charge in [0.15, 0.2) is 0 Å². The molecule has 1 aromatic rings. The number of alkyl halides is 3. The van der Waals surface area contributed by atoms with Crippen LogP contribution in [0.1, 0.15) is 31.2 Å². The Labute approximate surface area is 144 Å². The first kappa shape index (κ1) is 18.2. The summed E-state index contributed by atoms with van der Waals surface area (Å²) in [5, 5.41) is 3.23. The van der Waals surface area contributed by atoms with Crippen LogP contribution in [-0.4, -0.2) is 42.7 Å². The number of hydrogen-bond donors (Lipinski definition) is 1. The van der Waals surface area contributed by atoms with E-state index in [1.54, 1.807) is 12.1 Å². The van der Waals surface area contributed by atoms with E-state index >= 15 is 0 Å². The van der Waals surface area contributed by atoms with Crippen LogP contribution in [0.5, 0.6) is 0 Å². The van der Waals surface area contributed by atoms with Crippen molar-refractivity contribution in [2.45, 2.75) is 44.3 Å². The Kier molecular flexibility index (Phi) is 5.04. The highest BCUT2D eigenvalue weighted by molar-refractivity contribution is 5.82. The molecule has 3 rings (SSSR count). The van der Waals surface area contributed by atoms with E-state index in [1.165, 1.54) is 12.1 Å². The molecule has 1 saturated carbocycles. The maximum absolute atomic E-state index is 13.1. The van der Waals surface area contributed by atoms with Gasteiger partial charge in [-0.2, -0.15) is 13.2 Å². The molecule has 0 radical (unpaired) electrons. The first-order valence-electron chi connectivity index (χ1n) is 8.62. The van der Waals surface area contributed by atoms with Gasteiger partial charge in [-0.1, -0.05) is 12.1 Å². The monoisotopic (exact) mass is 358 g/mol. The summed E-state index contributed by atoms with van der Waals surface area (Å²) >= 11 is 0. The van der Waals surface area contributed by atoms with Crippen LogP contribution in [0, 0.1) is 11.2 Å². The lowest BCUT2D eigenvalue weighted by atomic mass is 9.73. The molecule has 0 unspecified atom stereocenters. The Hall–Kier alpha value is -1.63. The molecule has 1 aromatic carbocycles. The van der Waals surface area contributed by atoms with Gasteiger partial charge in [0.1, 0.15) is 5.82 Å². The van der Waals surface area contributed by atoms with Gasteiger partial charge in [0.05, 0.1) is 0 Å². The third-order valence-corrected chi connectivity index (χ3v) is 5.15. The number of nitrogens with one attached hydrogen (secondary N) is 1. The molecular weight excluding hydrogens is 336 g/mol. The minimum Gasteiger partial charge on any atom is -0.331 e. The van der Waals surface area contributed by atoms with Crippen molar-refractivity contribution in [1.29, 1.82) is 0 Å². The van der Waals surface area contributed by atoms with Crippen LogP contribution in [0.4, 0.5) is 17.6 Å². The van der Waals surface area contributed by atoms with Crippen molar-refractivity contribution >= 4 is 5.91 Å². The largest absolute Gasteiger partial charge is 0.471 e. The van der Waals surface area contributed by atoms with E-state index in [-0.39, 0.29) is 18.4 Å². The third kappa shape index (κ3) is 4.51. The fourth-order valence-corrected chi connectivity index (χ4v) is 3.66. The van der Waals surface area contributed by atoms with Gasteiger partial charge < -0.3 is 10.2 Å². The van der Waals surface area contributed by atoms with Gasteiger partial charge in [-0.15, -0.1) is 0 Å². The number of amides is 1. The molecule has 1 aliphatic heterocycles. The molecule has 25 heavy (non-hydrogen) atoms. The second kappa shape index (κ2) is 6.94. The summed E-state index contributed by atoms with van der Waals surface area (Å²) in [6, 6.07) is 5.78. The van der Waals surface area contributed by atoms with Crippen LogP contribution in [0.25, 0.3) is 0 Å². The molecule has 2 aliphatic rings. The number of piperidine rings is 1. The van der Waals surface area contributed by atoms with Crippen molar-refractivity contribution in [2.24, 2.45) is 5.41 Å². The molecule has 1 heterocycles. The Bertz CT molecular complexity index is 604.